The molecule has 0 saturated heterocycles. The van der Waals surface area contributed by atoms with Crippen molar-refractivity contribution in [2.75, 3.05) is 11.9 Å². The summed E-state index contributed by atoms with van der Waals surface area (Å²) in [5.41, 5.74) is 3.08. The largest absolute Gasteiger partial charge is 0.352 e. The van der Waals surface area contributed by atoms with Crippen LogP contribution in [-0.4, -0.2) is 27.0 Å². The molecule has 0 fully saturated rings. The minimum Gasteiger partial charge on any atom is -0.352 e. The van der Waals surface area contributed by atoms with Gasteiger partial charge in [0.05, 0.1) is 10.9 Å². The molecule has 5 rings (SSSR count). The van der Waals surface area contributed by atoms with E-state index in [4.69, 9.17) is 0 Å². The number of aryl methyl sites for hydroxylation is 1. The van der Waals surface area contributed by atoms with Crippen molar-refractivity contribution in [1.29, 1.82) is 0 Å². The average molecular weight is 456 g/mol. The molecular formula is C25H21N5O2S. The van der Waals surface area contributed by atoms with Crippen molar-refractivity contribution < 1.29 is 4.79 Å². The summed E-state index contributed by atoms with van der Waals surface area (Å²) < 4.78 is 1.31. The average Bonchev–Trinajstić information content (AvgIpc) is 3.25. The molecule has 164 valence electrons. The molecule has 33 heavy (non-hydrogen) atoms. The van der Waals surface area contributed by atoms with Gasteiger partial charge in [-0.2, -0.15) is 4.52 Å². The molecule has 0 saturated carbocycles. The van der Waals surface area contributed by atoms with E-state index in [1.54, 1.807) is 18.2 Å². The van der Waals surface area contributed by atoms with Crippen molar-refractivity contribution >= 4 is 43.9 Å². The van der Waals surface area contributed by atoms with E-state index in [0.717, 1.165) is 18.5 Å². The molecule has 2 aromatic heterocycles. The third-order valence-electron chi connectivity index (χ3n) is 5.27. The molecule has 0 unspecified atom stereocenters. The Morgan fingerprint density at radius 2 is 1.70 bits per heavy atom. The van der Waals surface area contributed by atoms with E-state index in [-0.39, 0.29) is 11.5 Å². The lowest BCUT2D eigenvalue weighted by atomic mass is 10.1. The van der Waals surface area contributed by atoms with Crippen molar-refractivity contribution in [2.24, 2.45) is 0 Å². The monoisotopic (exact) mass is 455 g/mol. The van der Waals surface area contributed by atoms with E-state index in [9.17, 15) is 9.59 Å². The van der Waals surface area contributed by atoms with Gasteiger partial charge in [0.2, 0.25) is 10.1 Å². The molecule has 0 atom stereocenters. The SMILES string of the molecule is O=C(NCCCc1ccccc1)c1ccc(Nc2nn3c(=O)c4ccccc4nc3s2)cc1. The van der Waals surface area contributed by atoms with Crippen LogP contribution in [0.1, 0.15) is 22.3 Å². The van der Waals surface area contributed by atoms with Crippen LogP contribution >= 0.6 is 11.3 Å². The van der Waals surface area contributed by atoms with Crippen LogP contribution in [0.5, 0.6) is 0 Å². The molecule has 0 spiro atoms. The van der Waals surface area contributed by atoms with Crippen LogP contribution in [0, 0.1) is 0 Å². The van der Waals surface area contributed by atoms with Crippen LogP contribution in [0.2, 0.25) is 0 Å². The first-order chi connectivity index (χ1) is 16.2. The van der Waals surface area contributed by atoms with Crippen molar-refractivity contribution in [3.8, 4) is 0 Å². The third-order valence-corrected chi connectivity index (χ3v) is 6.10. The maximum atomic E-state index is 12.7. The summed E-state index contributed by atoms with van der Waals surface area (Å²) in [5.74, 6) is -0.1000. The van der Waals surface area contributed by atoms with E-state index in [1.165, 1.54) is 21.4 Å². The first-order valence-electron chi connectivity index (χ1n) is 10.7. The second-order valence-corrected chi connectivity index (χ2v) is 8.54. The van der Waals surface area contributed by atoms with Gasteiger partial charge in [-0.3, -0.25) is 9.59 Å². The summed E-state index contributed by atoms with van der Waals surface area (Å²) in [7, 11) is 0. The highest BCUT2D eigenvalue weighted by Crippen LogP contribution is 2.23. The van der Waals surface area contributed by atoms with Gasteiger partial charge in [-0.1, -0.05) is 53.8 Å². The summed E-state index contributed by atoms with van der Waals surface area (Å²) in [4.78, 5) is 30.1. The molecule has 7 nitrogen and oxygen atoms in total. The van der Waals surface area contributed by atoms with Gasteiger partial charge in [-0.15, -0.1) is 5.10 Å². The van der Waals surface area contributed by atoms with E-state index in [1.807, 2.05) is 48.5 Å². The number of fused-ring (bicyclic) bond motifs is 2. The van der Waals surface area contributed by atoms with Crippen molar-refractivity contribution in [3.05, 3.63) is 100 Å². The fraction of sp³-hybridized carbons (Fsp3) is 0.120. The molecule has 3 aromatic carbocycles. The Balaban J connectivity index is 1.22. The predicted octanol–water partition coefficient (Wildman–Crippen LogP) is 4.41. The van der Waals surface area contributed by atoms with Crippen LogP contribution in [-0.2, 0) is 6.42 Å². The van der Waals surface area contributed by atoms with Gasteiger partial charge in [0.25, 0.3) is 11.5 Å². The number of aromatic nitrogens is 3. The second kappa shape index (κ2) is 9.22. The first kappa shape index (κ1) is 20.8. The number of para-hydroxylation sites is 1. The minimum absolute atomic E-state index is 0.1000. The molecule has 5 aromatic rings. The van der Waals surface area contributed by atoms with Crippen molar-refractivity contribution in [1.82, 2.24) is 19.9 Å². The fourth-order valence-corrected chi connectivity index (χ4v) is 4.39. The molecule has 8 heteroatoms. The molecule has 0 bridgehead atoms. The van der Waals surface area contributed by atoms with Gasteiger partial charge in [0.15, 0.2) is 0 Å². The zero-order valence-corrected chi connectivity index (χ0v) is 18.5. The Morgan fingerprint density at radius 3 is 2.52 bits per heavy atom. The highest BCUT2D eigenvalue weighted by atomic mass is 32.1. The molecule has 2 N–H and O–H groups in total. The van der Waals surface area contributed by atoms with Gasteiger partial charge in [-0.05, 0) is 54.8 Å². The van der Waals surface area contributed by atoms with Crippen molar-refractivity contribution in [3.63, 3.8) is 0 Å². The van der Waals surface area contributed by atoms with Crippen molar-refractivity contribution in [2.45, 2.75) is 12.8 Å². The number of carbonyl (C=O) groups is 1. The number of anilines is 2. The Kier molecular flexibility index (Phi) is 5.82. The highest BCUT2D eigenvalue weighted by molar-refractivity contribution is 7.20. The normalized spacial score (nSPS) is 11.0. The molecule has 0 aliphatic rings. The Bertz CT molecular complexity index is 1480. The lowest BCUT2D eigenvalue weighted by Gasteiger charge is -2.07. The second-order valence-electron chi connectivity index (χ2n) is 7.58. The molecule has 0 aliphatic carbocycles. The topological polar surface area (TPSA) is 88.4 Å². The van der Waals surface area contributed by atoms with Gasteiger partial charge >= 0.3 is 0 Å². The molecule has 2 heterocycles. The van der Waals surface area contributed by atoms with E-state index in [2.05, 4.69) is 32.8 Å². The molecule has 0 aliphatic heterocycles. The van der Waals surface area contributed by atoms with Gasteiger partial charge < -0.3 is 10.6 Å². The number of hydrogen-bond donors (Lipinski definition) is 2. The van der Waals surface area contributed by atoms with Gasteiger partial charge in [0.1, 0.15) is 0 Å². The summed E-state index contributed by atoms with van der Waals surface area (Å²) in [5, 5.41) is 11.6. The van der Waals surface area contributed by atoms with E-state index < -0.39 is 0 Å². The van der Waals surface area contributed by atoms with E-state index >= 15 is 0 Å². The third kappa shape index (κ3) is 4.61. The zero-order chi connectivity index (χ0) is 22.6. The number of carbonyl (C=O) groups excluding carboxylic acids is 1. The predicted molar refractivity (Wildman–Crippen MR) is 131 cm³/mol. The number of nitrogens with zero attached hydrogens (tertiary/aromatic N) is 3. The molecule has 1 amide bonds. The summed E-state index contributed by atoms with van der Waals surface area (Å²) in [6.07, 6.45) is 1.81. The quantitative estimate of drug-likeness (QED) is 0.355. The van der Waals surface area contributed by atoms with Crippen LogP contribution < -0.4 is 16.2 Å². The number of rotatable bonds is 7. The number of benzene rings is 3. The van der Waals surface area contributed by atoms with Crippen LogP contribution in [0.4, 0.5) is 10.8 Å². The minimum atomic E-state index is -0.195. The van der Waals surface area contributed by atoms with Gasteiger partial charge in [-0.25, -0.2) is 4.98 Å². The molecule has 0 radical (unpaired) electrons. The molecular weight excluding hydrogens is 434 g/mol. The fourth-order valence-electron chi connectivity index (χ4n) is 3.58. The number of hydrogen-bond acceptors (Lipinski definition) is 6. The Labute approximate surface area is 193 Å². The maximum absolute atomic E-state index is 12.7. The van der Waals surface area contributed by atoms with Crippen LogP contribution in [0.15, 0.2) is 83.7 Å². The van der Waals surface area contributed by atoms with Crippen LogP contribution in [0.3, 0.4) is 0 Å². The van der Waals surface area contributed by atoms with E-state index in [0.29, 0.717) is 33.1 Å². The standard InChI is InChI=1S/C25H21N5O2S/c31-22(26-16-6-9-17-7-2-1-3-8-17)18-12-14-19(15-13-18)27-24-29-30-23(32)20-10-4-5-11-21(20)28-25(30)33-24/h1-5,7-8,10-15H,6,9,16H2,(H,26,31)(H,27,29). The maximum Gasteiger partial charge on any atom is 0.283 e. The Hall–Kier alpha value is -4.04. The lowest BCUT2D eigenvalue weighted by Crippen LogP contribution is -2.24. The zero-order valence-electron chi connectivity index (χ0n) is 17.7. The summed E-state index contributed by atoms with van der Waals surface area (Å²) in [6.45, 7) is 0.621. The number of amides is 1. The lowest BCUT2D eigenvalue weighted by molar-refractivity contribution is 0.0953. The summed E-state index contributed by atoms with van der Waals surface area (Å²) >= 11 is 1.29. The smallest absolute Gasteiger partial charge is 0.283 e. The summed E-state index contributed by atoms with van der Waals surface area (Å²) in [6, 6.07) is 24.6. The first-order valence-corrected chi connectivity index (χ1v) is 11.5. The number of nitrogens with one attached hydrogen (secondary N) is 2. The van der Waals surface area contributed by atoms with Gasteiger partial charge in [0, 0.05) is 17.8 Å². The Morgan fingerprint density at radius 1 is 0.939 bits per heavy atom. The van der Waals surface area contributed by atoms with Crippen LogP contribution in [0.25, 0.3) is 15.9 Å². The highest BCUT2D eigenvalue weighted by Gasteiger charge is 2.11.